The molecule has 1 fully saturated rings. The largest absolute Gasteiger partial charge is 0.463 e. The highest BCUT2D eigenvalue weighted by Gasteiger charge is 2.32. The highest BCUT2D eigenvalue weighted by molar-refractivity contribution is 5.95. The van der Waals surface area contributed by atoms with Crippen molar-refractivity contribution in [2.24, 2.45) is 0 Å². The van der Waals surface area contributed by atoms with Crippen molar-refractivity contribution < 1.29 is 19.1 Å². The van der Waals surface area contributed by atoms with E-state index < -0.39 is 5.97 Å². The van der Waals surface area contributed by atoms with E-state index in [1.165, 1.54) is 0 Å². The molecule has 1 saturated heterocycles. The molecule has 1 aromatic carbocycles. The molecule has 174 valence electrons. The fourth-order valence-corrected chi connectivity index (χ4v) is 3.96. The number of benzene rings is 1. The molecule has 3 rings (SSSR count). The Kier molecular flexibility index (Phi) is 8.24. The van der Waals surface area contributed by atoms with Gasteiger partial charge < -0.3 is 20.7 Å². The number of carbonyl (C=O) groups excluding carboxylic acids is 3. The van der Waals surface area contributed by atoms with Gasteiger partial charge in [0.25, 0.3) is 0 Å². The standard InChI is InChI=1S/C23H33N5O4/c1-4-18-21(22(30)32-5-2)19(26-23(31)25-18)14-27-10-12-28(13-11-27)15-20(29)24-17-8-6-16(3)7-9-17/h6-9,18H,4-5,10-15H2,1-3H3,(H,24,29)(H2,25,26,31). The van der Waals surface area contributed by atoms with Crippen molar-refractivity contribution in [3.63, 3.8) is 0 Å². The number of anilines is 1. The van der Waals surface area contributed by atoms with E-state index in [2.05, 4.69) is 25.8 Å². The Morgan fingerprint density at radius 2 is 1.75 bits per heavy atom. The van der Waals surface area contributed by atoms with Crippen LogP contribution in [0.5, 0.6) is 0 Å². The molecule has 3 amide bonds. The molecule has 1 unspecified atom stereocenters. The van der Waals surface area contributed by atoms with Gasteiger partial charge in [-0.25, -0.2) is 9.59 Å². The first-order chi connectivity index (χ1) is 15.4. The molecule has 2 aliphatic rings. The lowest BCUT2D eigenvalue weighted by molar-refractivity contribution is -0.139. The Balaban J connectivity index is 1.55. The minimum Gasteiger partial charge on any atom is -0.463 e. The lowest BCUT2D eigenvalue weighted by Gasteiger charge is -2.36. The maximum absolute atomic E-state index is 12.5. The summed E-state index contributed by atoms with van der Waals surface area (Å²) in [5.41, 5.74) is 3.04. The Labute approximate surface area is 189 Å². The second-order valence-corrected chi connectivity index (χ2v) is 8.14. The third-order valence-electron chi connectivity index (χ3n) is 5.70. The topological polar surface area (TPSA) is 103 Å². The van der Waals surface area contributed by atoms with Crippen molar-refractivity contribution in [2.45, 2.75) is 33.2 Å². The van der Waals surface area contributed by atoms with E-state index in [1.807, 2.05) is 38.1 Å². The molecule has 0 radical (unpaired) electrons. The Bertz CT molecular complexity index is 860. The van der Waals surface area contributed by atoms with Gasteiger partial charge in [-0.3, -0.25) is 14.6 Å². The number of nitrogens with one attached hydrogen (secondary N) is 3. The van der Waals surface area contributed by atoms with Crippen LogP contribution >= 0.6 is 0 Å². The van der Waals surface area contributed by atoms with Crippen LogP contribution in [0.2, 0.25) is 0 Å². The van der Waals surface area contributed by atoms with Gasteiger partial charge in [-0.05, 0) is 32.4 Å². The van der Waals surface area contributed by atoms with Crippen LogP contribution < -0.4 is 16.0 Å². The van der Waals surface area contributed by atoms with Gasteiger partial charge >= 0.3 is 12.0 Å². The van der Waals surface area contributed by atoms with Crippen molar-refractivity contribution in [3.8, 4) is 0 Å². The van der Waals surface area contributed by atoms with Crippen LogP contribution in [0.3, 0.4) is 0 Å². The molecule has 2 aliphatic heterocycles. The Morgan fingerprint density at radius 1 is 1.09 bits per heavy atom. The Morgan fingerprint density at radius 3 is 2.38 bits per heavy atom. The van der Waals surface area contributed by atoms with E-state index in [0.717, 1.165) is 37.4 Å². The predicted octanol–water partition coefficient (Wildman–Crippen LogP) is 1.46. The second kappa shape index (κ2) is 11.1. The summed E-state index contributed by atoms with van der Waals surface area (Å²) in [5.74, 6) is -0.431. The zero-order chi connectivity index (χ0) is 23.1. The number of esters is 1. The molecule has 3 N–H and O–H groups in total. The van der Waals surface area contributed by atoms with Crippen molar-refractivity contribution in [2.75, 3.05) is 51.2 Å². The number of carbonyl (C=O) groups is 3. The monoisotopic (exact) mass is 443 g/mol. The highest BCUT2D eigenvalue weighted by atomic mass is 16.5. The molecular formula is C23H33N5O4. The summed E-state index contributed by atoms with van der Waals surface area (Å²) < 4.78 is 5.22. The minimum absolute atomic E-state index is 0.0361. The van der Waals surface area contributed by atoms with Crippen LogP contribution in [0.15, 0.2) is 35.5 Å². The lowest BCUT2D eigenvalue weighted by Crippen LogP contribution is -2.54. The first-order valence-corrected chi connectivity index (χ1v) is 11.2. The summed E-state index contributed by atoms with van der Waals surface area (Å²) in [6.45, 7) is 9.69. The van der Waals surface area contributed by atoms with Crippen LogP contribution in [0.4, 0.5) is 10.5 Å². The number of piperazine rings is 1. The van der Waals surface area contributed by atoms with E-state index in [4.69, 9.17) is 4.74 Å². The van der Waals surface area contributed by atoms with E-state index in [1.54, 1.807) is 6.92 Å². The number of rotatable bonds is 8. The summed E-state index contributed by atoms with van der Waals surface area (Å²) in [6.07, 6.45) is 0.606. The molecule has 1 aromatic rings. The van der Waals surface area contributed by atoms with E-state index in [-0.39, 0.29) is 24.6 Å². The molecule has 0 aliphatic carbocycles. The normalized spacial score (nSPS) is 19.8. The van der Waals surface area contributed by atoms with Crippen molar-refractivity contribution in [1.82, 2.24) is 20.4 Å². The number of aryl methyl sites for hydroxylation is 1. The van der Waals surface area contributed by atoms with E-state index in [0.29, 0.717) is 30.8 Å². The average molecular weight is 444 g/mol. The molecule has 0 spiro atoms. The van der Waals surface area contributed by atoms with Gasteiger partial charge in [-0.1, -0.05) is 24.6 Å². The SMILES string of the molecule is CCOC(=O)C1=C(CN2CCN(CC(=O)Nc3ccc(C)cc3)CC2)NC(=O)NC1CC. The molecule has 9 heteroatoms. The second-order valence-electron chi connectivity index (χ2n) is 8.14. The minimum atomic E-state index is -0.395. The number of amides is 3. The van der Waals surface area contributed by atoms with Gasteiger partial charge in [-0.2, -0.15) is 0 Å². The maximum Gasteiger partial charge on any atom is 0.337 e. The number of ether oxygens (including phenoxy) is 1. The van der Waals surface area contributed by atoms with Gasteiger partial charge in [-0.15, -0.1) is 0 Å². The molecule has 0 saturated carbocycles. The molecule has 32 heavy (non-hydrogen) atoms. The molecular weight excluding hydrogens is 410 g/mol. The molecule has 0 aromatic heterocycles. The maximum atomic E-state index is 12.5. The summed E-state index contributed by atoms with van der Waals surface area (Å²) in [4.78, 5) is 41.3. The number of nitrogens with zero attached hydrogens (tertiary/aromatic N) is 2. The molecule has 9 nitrogen and oxygen atoms in total. The summed E-state index contributed by atoms with van der Waals surface area (Å²) in [6, 6.07) is 7.08. The smallest absolute Gasteiger partial charge is 0.337 e. The first-order valence-electron chi connectivity index (χ1n) is 11.2. The fourth-order valence-electron chi connectivity index (χ4n) is 3.96. The van der Waals surface area contributed by atoms with Gasteiger partial charge in [0.05, 0.1) is 24.8 Å². The first kappa shape index (κ1) is 23.7. The predicted molar refractivity (Wildman–Crippen MR) is 122 cm³/mol. The van der Waals surface area contributed by atoms with E-state index in [9.17, 15) is 14.4 Å². The average Bonchev–Trinajstić information content (AvgIpc) is 2.76. The number of hydrogen-bond donors (Lipinski definition) is 3. The fraction of sp³-hybridized carbons (Fsp3) is 0.522. The highest BCUT2D eigenvalue weighted by Crippen LogP contribution is 2.18. The van der Waals surface area contributed by atoms with Crippen LogP contribution in [-0.2, 0) is 14.3 Å². The van der Waals surface area contributed by atoms with Crippen molar-refractivity contribution in [3.05, 3.63) is 41.1 Å². The summed E-state index contributed by atoms with van der Waals surface area (Å²) >= 11 is 0. The number of hydrogen-bond acceptors (Lipinski definition) is 6. The van der Waals surface area contributed by atoms with Gasteiger partial charge in [0.1, 0.15) is 0 Å². The zero-order valence-electron chi connectivity index (χ0n) is 19.1. The van der Waals surface area contributed by atoms with Crippen molar-refractivity contribution in [1.29, 1.82) is 0 Å². The zero-order valence-corrected chi connectivity index (χ0v) is 19.1. The van der Waals surface area contributed by atoms with Gasteiger partial charge in [0.2, 0.25) is 5.91 Å². The lowest BCUT2D eigenvalue weighted by atomic mass is 10.00. The third-order valence-corrected chi connectivity index (χ3v) is 5.70. The van der Waals surface area contributed by atoms with Gasteiger partial charge in [0.15, 0.2) is 0 Å². The molecule has 0 bridgehead atoms. The third kappa shape index (κ3) is 6.30. The quantitative estimate of drug-likeness (QED) is 0.526. The van der Waals surface area contributed by atoms with Crippen LogP contribution in [-0.4, -0.2) is 79.6 Å². The molecule has 2 heterocycles. The summed E-state index contributed by atoms with van der Waals surface area (Å²) in [7, 11) is 0. The van der Waals surface area contributed by atoms with Gasteiger partial charge in [0, 0.05) is 44.1 Å². The molecule has 1 atom stereocenters. The van der Waals surface area contributed by atoms with E-state index >= 15 is 0 Å². The van der Waals surface area contributed by atoms with Crippen LogP contribution in [0.1, 0.15) is 25.8 Å². The summed E-state index contributed by atoms with van der Waals surface area (Å²) in [5, 5.41) is 8.53. The van der Waals surface area contributed by atoms with Crippen molar-refractivity contribution >= 4 is 23.6 Å². The van der Waals surface area contributed by atoms with Crippen LogP contribution in [0, 0.1) is 6.92 Å². The Hall–Kier alpha value is -2.91. The van der Waals surface area contributed by atoms with Crippen LogP contribution in [0.25, 0.3) is 0 Å². The number of urea groups is 1.